The second-order valence-corrected chi connectivity index (χ2v) is 8.76. The van der Waals surface area contributed by atoms with Gasteiger partial charge in [0, 0.05) is 12.0 Å². The summed E-state index contributed by atoms with van der Waals surface area (Å²) in [6, 6.07) is 0. The maximum absolute atomic E-state index is 12.5. The van der Waals surface area contributed by atoms with Gasteiger partial charge in [0.25, 0.3) is 0 Å². The van der Waals surface area contributed by atoms with Crippen molar-refractivity contribution in [3.8, 4) is 0 Å². The Morgan fingerprint density at radius 3 is 2.51 bits per heavy atom. The fourth-order valence-electron chi connectivity index (χ4n) is 4.95. The Labute approximate surface area is 201 Å². The molecule has 0 aromatic carbocycles. The number of aliphatic hydroxyl groups excluding tert-OH is 5. The molecule has 0 aromatic rings. The van der Waals surface area contributed by atoms with Gasteiger partial charge in [-0.25, -0.2) is 4.79 Å². The molecule has 0 bridgehead atoms. The molecule has 4 rings (SSSR count). The number of rotatable bonds is 9. The highest BCUT2D eigenvalue weighted by Crippen LogP contribution is 2.60. The maximum atomic E-state index is 12.5. The normalized spacial score (nSPS) is 44.3. The molecular formula is C24H30O11. The van der Waals surface area contributed by atoms with E-state index in [0.717, 1.165) is 0 Å². The number of hydrogen-bond acceptors (Lipinski definition) is 11. The molecule has 192 valence electrons. The molecule has 2 saturated heterocycles. The second kappa shape index (κ2) is 10.3. The monoisotopic (exact) mass is 494 g/mol. The molecule has 0 amide bonds. The van der Waals surface area contributed by atoms with Gasteiger partial charge >= 0.3 is 5.97 Å². The smallest absolute Gasteiger partial charge is 0.331 e. The Morgan fingerprint density at radius 2 is 1.86 bits per heavy atom. The maximum Gasteiger partial charge on any atom is 0.331 e. The quantitative estimate of drug-likeness (QED) is 0.113. The molecule has 5 N–H and O–H groups in total. The van der Waals surface area contributed by atoms with Gasteiger partial charge in [0.1, 0.15) is 42.2 Å². The molecule has 3 fully saturated rings. The lowest BCUT2D eigenvalue weighted by molar-refractivity contribution is -0.344. The SMILES string of the molecule is C=C/C=C(C=C)/C=C/C(=O)O[C@H]1[C@@H]2C=CO[C@H](O[C@@H]3O[C@H](CO)[C@@H](O)[C@@H](O)[C@H]3O)[C@H]2[C@]2(CO)O[C@H]12. The number of esters is 1. The van der Waals surface area contributed by atoms with Crippen molar-refractivity contribution in [2.75, 3.05) is 13.2 Å². The minimum Gasteiger partial charge on any atom is -0.472 e. The van der Waals surface area contributed by atoms with Crippen LogP contribution in [0.4, 0.5) is 0 Å². The lowest BCUT2D eigenvalue weighted by Crippen LogP contribution is -2.60. The molecule has 11 heteroatoms. The lowest BCUT2D eigenvalue weighted by atomic mass is 9.85. The summed E-state index contributed by atoms with van der Waals surface area (Å²) < 4.78 is 28.2. The highest BCUT2D eigenvalue weighted by atomic mass is 16.8. The topological polar surface area (TPSA) is 168 Å². The summed E-state index contributed by atoms with van der Waals surface area (Å²) in [5, 5.41) is 49.9. The van der Waals surface area contributed by atoms with E-state index in [1.807, 2.05) is 0 Å². The van der Waals surface area contributed by atoms with E-state index in [4.69, 9.17) is 23.7 Å². The standard InChI is InChI=1S/C24H30O11/c1-3-5-12(4-2)6-7-15(27)33-20-13-8-9-31-22(16(13)24(11-26)21(20)35-24)34-23-19(30)18(29)17(28)14(10-25)32-23/h3-9,13-14,16-23,25-26,28-30H,1-2,10-11H2/b7-6+,12-5+/t13-,14-,16+,17-,18-,19-,20+,21-,22-,23+,24+/m1/s1. The van der Waals surface area contributed by atoms with Crippen molar-refractivity contribution < 1.29 is 54.0 Å². The predicted molar refractivity (Wildman–Crippen MR) is 118 cm³/mol. The zero-order chi connectivity index (χ0) is 25.3. The van der Waals surface area contributed by atoms with Crippen LogP contribution in [0.1, 0.15) is 0 Å². The zero-order valence-corrected chi connectivity index (χ0v) is 18.8. The van der Waals surface area contributed by atoms with Gasteiger partial charge in [-0.05, 0) is 17.7 Å². The van der Waals surface area contributed by atoms with E-state index in [1.54, 1.807) is 24.3 Å². The molecule has 11 atom stereocenters. The van der Waals surface area contributed by atoms with Crippen molar-refractivity contribution in [2.24, 2.45) is 11.8 Å². The van der Waals surface area contributed by atoms with E-state index in [2.05, 4.69) is 13.2 Å². The van der Waals surface area contributed by atoms with Gasteiger partial charge in [-0.3, -0.25) is 0 Å². The first-order valence-electron chi connectivity index (χ1n) is 11.2. The Hall–Kier alpha value is -2.35. The van der Waals surface area contributed by atoms with E-state index >= 15 is 0 Å². The molecule has 0 aromatic heterocycles. The van der Waals surface area contributed by atoms with E-state index in [-0.39, 0.29) is 0 Å². The Morgan fingerprint density at radius 1 is 1.09 bits per heavy atom. The summed E-state index contributed by atoms with van der Waals surface area (Å²) in [5.74, 6) is -1.73. The van der Waals surface area contributed by atoms with Crippen LogP contribution in [0.5, 0.6) is 0 Å². The fourth-order valence-corrected chi connectivity index (χ4v) is 4.95. The van der Waals surface area contributed by atoms with Crippen LogP contribution in [0.25, 0.3) is 0 Å². The van der Waals surface area contributed by atoms with Crippen molar-refractivity contribution >= 4 is 5.97 Å². The summed E-state index contributed by atoms with van der Waals surface area (Å²) in [6.07, 6.45) is 0.697. The summed E-state index contributed by atoms with van der Waals surface area (Å²) in [7, 11) is 0. The van der Waals surface area contributed by atoms with Gasteiger partial charge < -0.3 is 49.2 Å². The molecule has 0 radical (unpaired) electrons. The Bertz CT molecular complexity index is 911. The summed E-state index contributed by atoms with van der Waals surface area (Å²) in [5.41, 5.74) is -0.453. The van der Waals surface area contributed by atoms with E-state index in [1.165, 1.54) is 18.4 Å². The van der Waals surface area contributed by atoms with Gasteiger partial charge in [-0.15, -0.1) is 0 Å². The summed E-state index contributed by atoms with van der Waals surface area (Å²) in [6.45, 7) is 6.23. The first-order chi connectivity index (χ1) is 16.8. The van der Waals surface area contributed by atoms with Crippen LogP contribution in [0.3, 0.4) is 0 Å². The molecule has 0 unspecified atom stereocenters. The highest BCUT2D eigenvalue weighted by Gasteiger charge is 2.77. The highest BCUT2D eigenvalue weighted by molar-refractivity contribution is 5.83. The molecule has 1 aliphatic carbocycles. The number of hydrogen-bond donors (Lipinski definition) is 5. The summed E-state index contributed by atoms with van der Waals surface area (Å²) >= 11 is 0. The number of fused-ring (bicyclic) bond motifs is 3. The van der Waals surface area contributed by atoms with Crippen molar-refractivity contribution in [3.05, 3.63) is 61.4 Å². The van der Waals surface area contributed by atoms with Gasteiger partial charge in [-0.1, -0.05) is 31.4 Å². The predicted octanol–water partition coefficient (Wildman–Crippen LogP) is -1.18. The molecule has 0 spiro atoms. The minimum atomic E-state index is -1.63. The number of carbonyl (C=O) groups excluding carboxylic acids is 1. The molecule has 3 aliphatic heterocycles. The molecule has 35 heavy (non-hydrogen) atoms. The third-order valence-corrected chi connectivity index (χ3v) is 6.81. The van der Waals surface area contributed by atoms with Crippen LogP contribution in [-0.4, -0.2) is 99.5 Å². The van der Waals surface area contributed by atoms with Crippen molar-refractivity contribution in [1.82, 2.24) is 0 Å². The van der Waals surface area contributed by atoms with Crippen molar-refractivity contribution in [3.63, 3.8) is 0 Å². The largest absolute Gasteiger partial charge is 0.472 e. The van der Waals surface area contributed by atoms with Gasteiger partial charge in [-0.2, -0.15) is 0 Å². The van der Waals surface area contributed by atoms with Crippen molar-refractivity contribution in [1.29, 1.82) is 0 Å². The van der Waals surface area contributed by atoms with Gasteiger partial charge in [0.2, 0.25) is 6.29 Å². The first-order valence-corrected chi connectivity index (χ1v) is 11.2. The molecule has 3 heterocycles. The number of carbonyl (C=O) groups is 1. The van der Waals surface area contributed by atoms with E-state index in [9.17, 15) is 30.3 Å². The van der Waals surface area contributed by atoms with Crippen molar-refractivity contribution in [2.45, 2.75) is 54.8 Å². The zero-order valence-electron chi connectivity index (χ0n) is 18.8. The van der Waals surface area contributed by atoms with E-state index in [0.29, 0.717) is 5.57 Å². The minimum absolute atomic E-state index is 0.406. The van der Waals surface area contributed by atoms with Crippen LogP contribution < -0.4 is 0 Å². The van der Waals surface area contributed by atoms with Crippen LogP contribution in [0.2, 0.25) is 0 Å². The summed E-state index contributed by atoms with van der Waals surface area (Å²) in [4.78, 5) is 12.5. The third-order valence-electron chi connectivity index (χ3n) is 6.81. The van der Waals surface area contributed by atoms with Crippen LogP contribution >= 0.6 is 0 Å². The van der Waals surface area contributed by atoms with Gasteiger partial charge in [0.15, 0.2) is 6.29 Å². The number of allylic oxidation sites excluding steroid dienone is 5. The lowest BCUT2D eigenvalue weighted by Gasteiger charge is -2.43. The van der Waals surface area contributed by atoms with Crippen LogP contribution in [0.15, 0.2) is 61.4 Å². The molecule has 4 aliphatic rings. The number of epoxide rings is 1. The van der Waals surface area contributed by atoms with E-state index < -0.39 is 85.8 Å². The third kappa shape index (κ3) is 4.61. The Balaban J connectivity index is 1.49. The average Bonchev–Trinajstić information content (AvgIpc) is 3.54. The number of aliphatic hydroxyl groups is 5. The molecule has 11 nitrogen and oxygen atoms in total. The Kier molecular flexibility index (Phi) is 7.60. The molecular weight excluding hydrogens is 464 g/mol. The molecule has 1 saturated carbocycles. The fraction of sp³-hybridized carbons (Fsp3) is 0.542. The van der Waals surface area contributed by atoms with Gasteiger partial charge in [0.05, 0.1) is 25.4 Å². The number of ether oxygens (including phenoxy) is 5. The van der Waals surface area contributed by atoms with Crippen LogP contribution in [0, 0.1) is 11.8 Å². The average molecular weight is 494 g/mol. The second-order valence-electron chi connectivity index (χ2n) is 8.76. The first kappa shape index (κ1) is 25.7. The van der Waals surface area contributed by atoms with Crippen LogP contribution in [-0.2, 0) is 28.5 Å².